The van der Waals surface area contributed by atoms with Gasteiger partial charge in [0, 0.05) is 45.6 Å². The molecule has 0 atom stereocenters. The average molecular weight is 705 g/mol. The van der Waals surface area contributed by atoms with Crippen LogP contribution in [0.2, 0.25) is 0 Å². The molecular formula is C37H31F3N2O5S2. The normalized spacial score (nSPS) is 12.9. The summed E-state index contributed by atoms with van der Waals surface area (Å²) in [6, 6.07) is 27.6. The predicted octanol–water partition coefficient (Wildman–Crippen LogP) is 9.08. The van der Waals surface area contributed by atoms with E-state index in [0.29, 0.717) is 38.9 Å². The lowest BCUT2D eigenvalue weighted by atomic mass is 9.93. The summed E-state index contributed by atoms with van der Waals surface area (Å²) < 4.78 is 97.5. The van der Waals surface area contributed by atoms with Gasteiger partial charge in [-0.05, 0) is 80.3 Å². The number of sulfone groups is 2. The summed E-state index contributed by atoms with van der Waals surface area (Å²) in [5, 5.41) is 2.31. The van der Waals surface area contributed by atoms with Gasteiger partial charge in [0.2, 0.25) is 0 Å². The van der Waals surface area contributed by atoms with Crippen LogP contribution in [0.5, 0.6) is 0 Å². The van der Waals surface area contributed by atoms with Gasteiger partial charge in [0.15, 0.2) is 14.9 Å². The Morgan fingerprint density at radius 1 is 0.714 bits per heavy atom. The van der Waals surface area contributed by atoms with Crippen molar-refractivity contribution in [2.45, 2.75) is 38.1 Å². The first-order chi connectivity index (χ1) is 23.1. The van der Waals surface area contributed by atoms with Crippen molar-refractivity contribution in [2.75, 3.05) is 10.4 Å². The third-order valence-corrected chi connectivity index (χ3v) is 12.5. The molecule has 0 bridgehead atoms. The first-order valence-electron chi connectivity index (χ1n) is 15.1. The molecule has 0 aromatic heterocycles. The molecule has 4 aromatic rings. The number of alkyl halides is 3. The topological polar surface area (TPSA) is 106 Å². The van der Waals surface area contributed by atoms with Crippen LogP contribution < -0.4 is 10.7 Å². The molecule has 0 fully saturated rings. The standard InChI is InChI=1S/C37H31F3N2O5S2/c1-22-9-7-10-23(2)35(22)41-26-15-17-28-31(19-26)47-32-20-27(42-36-24(3)11-8-12-25(36)4)16-18-29(32)34(28)30-13-5-6-14-33(30)48(43,44)21-49(45,46)37(38,39)40/h5-20,41H,21H2,1-4H3/b42-27+. The van der Waals surface area contributed by atoms with Crippen LogP contribution in [0.25, 0.3) is 33.4 Å². The van der Waals surface area contributed by atoms with Crippen molar-refractivity contribution in [1.29, 1.82) is 0 Å². The highest BCUT2D eigenvalue weighted by Gasteiger charge is 2.48. The van der Waals surface area contributed by atoms with Gasteiger partial charge in [-0.15, -0.1) is 0 Å². The number of nitrogens with one attached hydrogen (secondary N) is 1. The van der Waals surface area contributed by atoms with Crippen molar-refractivity contribution >= 4 is 47.7 Å². The molecule has 4 aromatic carbocycles. The fraction of sp³-hybridized carbons (Fsp3) is 0.162. The number of hydrogen-bond donors (Lipinski definition) is 1. The van der Waals surface area contributed by atoms with Crippen LogP contribution in [-0.2, 0) is 19.7 Å². The molecule has 1 aliphatic carbocycles. The van der Waals surface area contributed by atoms with Gasteiger partial charge in [-0.2, -0.15) is 13.2 Å². The van der Waals surface area contributed by atoms with Crippen LogP contribution in [0.4, 0.5) is 30.2 Å². The average Bonchev–Trinajstić information content (AvgIpc) is 3.02. The van der Waals surface area contributed by atoms with Crippen LogP contribution in [-0.4, -0.2) is 27.4 Å². The first-order valence-corrected chi connectivity index (χ1v) is 18.4. The van der Waals surface area contributed by atoms with E-state index < -0.39 is 35.2 Å². The van der Waals surface area contributed by atoms with E-state index in [0.717, 1.165) is 39.7 Å². The minimum absolute atomic E-state index is 0.0283. The quantitative estimate of drug-likeness (QED) is 0.166. The van der Waals surface area contributed by atoms with Gasteiger partial charge in [-0.3, -0.25) is 0 Å². The van der Waals surface area contributed by atoms with Crippen molar-refractivity contribution in [3.63, 3.8) is 0 Å². The highest BCUT2D eigenvalue weighted by molar-refractivity contribution is 8.08. The maximum atomic E-state index is 13.5. The van der Waals surface area contributed by atoms with Gasteiger partial charge in [-0.25, -0.2) is 21.8 Å². The molecule has 0 amide bonds. The van der Waals surface area contributed by atoms with E-state index in [4.69, 9.17) is 9.41 Å². The number of halogens is 3. The van der Waals surface area contributed by atoms with Gasteiger partial charge >= 0.3 is 5.51 Å². The summed E-state index contributed by atoms with van der Waals surface area (Å²) in [6.07, 6.45) is 0. The second-order valence-electron chi connectivity index (χ2n) is 11.9. The van der Waals surface area contributed by atoms with Gasteiger partial charge in [0.1, 0.15) is 11.3 Å². The molecule has 12 heteroatoms. The van der Waals surface area contributed by atoms with Crippen LogP contribution in [0.3, 0.4) is 0 Å². The Kier molecular flexibility index (Phi) is 8.66. The molecule has 2 aliphatic rings. The zero-order valence-corrected chi connectivity index (χ0v) is 28.5. The second-order valence-corrected chi connectivity index (χ2v) is 16.2. The van der Waals surface area contributed by atoms with Crippen molar-refractivity contribution in [3.8, 4) is 22.5 Å². The molecule has 0 unspecified atom stereocenters. The van der Waals surface area contributed by atoms with Crippen LogP contribution in [0.1, 0.15) is 22.3 Å². The van der Waals surface area contributed by atoms with Crippen molar-refractivity contribution in [3.05, 3.63) is 125 Å². The molecule has 6 rings (SSSR count). The van der Waals surface area contributed by atoms with E-state index in [-0.39, 0.29) is 5.56 Å². The Morgan fingerprint density at radius 2 is 1.35 bits per heavy atom. The van der Waals surface area contributed by atoms with E-state index in [9.17, 15) is 30.0 Å². The zero-order valence-electron chi connectivity index (χ0n) is 26.9. The lowest BCUT2D eigenvalue weighted by Gasteiger charge is -2.19. The molecular weight excluding hydrogens is 674 g/mol. The fourth-order valence-corrected chi connectivity index (χ4v) is 9.33. The Balaban J connectivity index is 1.62. The Hall–Kier alpha value is -4.94. The largest absolute Gasteiger partial charge is 0.498 e. The molecule has 1 N–H and O–H groups in total. The molecule has 0 saturated carbocycles. The fourth-order valence-electron chi connectivity index (χ4n) is 5.86. The summed E-state index contributed by atoms with van der Waals surface area (Å²) in [5.41, 5.74) is 1.74. The SMILES string of the molecule is Cc1cccc(C)c1/N=c1\ccc2c(-c3ccccc3S(=O)(=O)CS(=O)(=O)C(F)(F)F)c3ccc(Nc4c(C)cccc4C)cc3oc-2c1. The molecule has 7 nitrogen and oxygen atoms in total. The molecule has 0 spiro atoms. The molecule has 1 aliphatic heterocycles. The molecule has 0 saturated heterocycles. The molecule has 0 radical (unpaired) electrons. The van der Waals surface area contributed by atoms with Gasteiger partial charge in [0.05, 0.1) is 15.9 Å². The molecule has 1 heterocycles. The molecule has 49 heavy (non-hydrogen) atoms. The number of benzene rings is 5. The minimum Gasteiger partial charge on any atom is -0.456 e. The van der Waals surface area contributed by atoms with E-state index in [1.54, 1.807) is 36.4 Å². The maximum Gasteiger partial charge on any atom is 0.498 e. The van der Waals surface area contributed by atoms with E-state index in [2.05, 4.69) is 5.32 Å². The Bertz CT molecular complexity index is 2480. The summed E-state index contributed by atoms with van der Waals surface area (Å²) in [6.45, 7) is 7.85. The number of aryl methyl sites for hydroxylation is 4. The number of anilines is 2. The first kappa shape index (κ1) is 33.9. The highest BCUT2D eigenvalue weighted by Crippen LogP contribution is 2.43. The third-order valence-electron chi connectivity index (χ3n) is 8.29. The predicted molar refractivity (Wildman–Crippen MR) is 186 cm³/mol. The van der Waals surface area contributed by atoms with Crippen molar-refractivity contribution in [2.24, 2.45) is 4.99 Å². The van der Waals surface area contributed by atoms with Crippen molar-refractivity contribution in [1.82, 2.24) is 0 Å². The highest BCUT2D eigenvalue weighted by atomic mass is 32.3. The Morgan fingerprint density at radius 3 is 2.00 bits per heavy atom. The third kappa shape index (κ3) is 6.58. The number of nitrogens with zero attached hydrogens (tertiary/aromatic N) is 1. The van der Waals surface area contributed by atoms with Gasteiger partial charge in [-0.1, -0.05) is 54.6 Å². The van der Waals surface area contributed by atoms with E-state index >= 15 is 0 Å². The van der Waals surface area contributed by atoms with E-state index in [1.165, 1.54) is 18.2 Å². The number of fused-ring (bicyclic) bond motifs is 2. The van der Waals surface area contributed by atoms with E-state index in [1.807, 2.05) is 64.1 Å². The monoisotopic (exact) mass is 704 g/mol. The smallest absolute Gasteiger partial charge is 0.456 e. The molecule has 252 valence electrons. The maximum absolute atomic E-state index is 13.5. The van der Waals surface area contributed by atoms with Crippen molar-refractivity contribution < 1.29 is 34.4 Å². The van der Waals surface area contributed by atoms with Gasteiger partial charge < -0.3 is 9.73 Å². The lowest BCUT2D eigenvalue weighted by molar-refractivity contribution is -0.0431. The zero-order chi connectivity index (χ0) is 35.3. The van der Waals surface area contributed by atoms with Crippen LogP contribution >= 0.6 is 0 Å². The summed E-state index contributed by atoms with van der Waals surface area (Å²) in [5.74, 6) is 0.328. The lowest BCUT2D eigenvalue weighted by Crippen LogP contribution is -2.30. The number of hydrogen-bond acceptors (Lipinski definition) is 7. The number of para-hydroxylation sites is 2. The van der Waals surface area contributed by atoms with Crippen LogP contribution in [0.15, 0.2) is 111 Å². The summed E-state index contributed by atoms with van der Waals surface area (Å²) >= 11 is 0. The number of rotatable bonds is 7. The summed E-state index contributed by atoms with van der Waals surface area (Å²) in [4.78, 5) is 4.29. The van der Waals surface area contributed by atoms with Crippen LogP contribution in [0, 0.1) is 27.7 Å². The summed E-state index contributed by atoms with van der Waals surface area (Å²) in [7, 11) is -11.0. The minimum atomic E-state index is -6.00. The Labute approximate surface area is 282 Å². The van der Waals surface area contributed by atoms with Gasteiger partial charge in [0.25, 0.3) is 9.84 Å². The second kappa shape index (κ2) is 12.5.